The maximum absolute atomic E-state index is 6.78. The van der Waals surface area contributed by atoms with Crippen LogP contribution in [0.5, 0.6) is 0 Å². The maximum Gasteiger partial charge on any atom is 0.137 e. The molecule has 0 bridgehead atoms. The highest BCUT2D eigenvalue weighted by atomic mass is 16.3. The molecule has 0 N–H and O–H groups in total. The molecule has 0 saturated carbocycles. The zero-order valence-corrected chi connectivity index (χ0v) is 30.0. The van der Waals surface area contributed by atoms with E-state index >= 15 is 0 Å². The number of fused-ring (bicyclic) bond motifs is 9. The molecular weight excluding hydrogens is 659 g/mol. The summed E-state index contributed by atoms with van der Waals surface area (Å²) in [4.78, 5) is 2.43. The molecule has 0 spiro atoms. The van der Waals surface area contributed by atoms with Gasteiger partial charge in [-0.05, 0) is 87.5 Å². The SMILES string of the molecule is CC1(C)c2ccccc2-c2ccc(N(c3ccccc3-c3ccccc3)c3cccc4oc5cc6c(cc5c34)oc3cccc(-c4ccccc4)c36)cc21. The van der Waals surface area contributed by atoms with Crippen LogP contribution in [0.4, 0.5) is 17.1 Å². The van der Waals surface area contributed by atoms with Crippen LogP contribution in [0.1, 0.15) is 25.0 Å². The topological polar surface area (TPSA) is 29.5 Å². The van der Waals surface area contributed by atoms with Crippen molar-refractivity contribution < 1.29 is 8.83 Å². The Labute approximate surface area is 313 Å². The minimum Gasteiger partial charge on any atom is -0.456 e. The van der Waals surface area contributed by atoms with Gasteiger partial charge in [0, 0.05) is 32.8 Å². The molecule has 0 amide bonds. The molecule has 1 aliphatic rings. The van der Waals surface area contributed by atoms with Crippen molar-refractivity contribution in [2.45, 2.75) is 19.3 Å². The van der Waals surface area contributed by atoms with E-state index in [4.69, 9.17) is 8.83 Å². The van der Waals surface area contributed by atoms with Crippen LogP contribution in [0.15, 0.2) is 185 Å². The van der Waals surface area contributed by atoms with Crippen molar-refractivity contribution in [3.8, 4) is 33.4 Å². The minimum atomic E-state index is -0.146. The van der Waals surface area contributed by atoms with Gasteiger partial charge in [0.15, 0.2) is 0 Å². The summed E-state index contributed by atoms with van der Waals surface area (Å²) < 4.78 is 13.4. The molecule has 3 nitrogen and oxygen atoms in total. The van der Waals surface area contributed by atoms with Crippen molar-refractivity contribution in [2.24, 2.45) is 0 Å². The van der Waals surface area contributed by atoms with Crippen LogP contribution in [0, 0.1) is 0 Å². The molecule has 0 aliphatic heterocycles. The first-order valence-corrected chi connectivity index (χ1v) is 18.6. The van der Waals surface area contributed by atoms with Crippen LogP contribution in [-0.4, -0.2) is 0 Å². The molecule has 0 atom stereocenters. The number of anilines is 3. The van der Waals surface area contributed by atoms with Crippen LogP contribution in [0.3, 0.4) is 0 Å². The van der Waals surface area contributed by atoms with Crippen LogP contribution in [0.2, 0.25) is 0 Å². The fraction of sp³-hybridized carbons (Fsp3) is 0.0588. The van der Waals surface area contributed by atoms with Crippen molar-refractivity contribution in [3.05, 3.63) is 187 Å². The zero-order chi connectivity index (χ0) is 36.0. The van der Waals surface area contributed by atoms with Crippen molar-refractivity contribution in [3.63, 3.8) is 0 Å². The molecule has 2 heterocycles. The molecule has 0 unspecified atom stereocenters. The van der Waals surface area contributed by atoms with E-state index in [2.05, 4.69) is 195 Å². The average Bonchev–Trinajstić information content (AvgIpc) is 3.85. The minimum absolute atomic E-state index is 0.146. The Hall–Kier alpha value is -6.84. The molecular formula is C51H35NO2. The summed E-state index contributed by atoms with van der Waals surface area (Å²) >= 11 is 0. The largest absolute Gasteiger partial charge is 0.456 e. The van der Waals surface area contributed by atoms with Gasteiger partial charge in [0.05, 0.1) is 16.8 Å². The lowest BCUT2D eigenvalue weighted by Gasteiger charge is -2.30. The van der Waals surface area contributed by atoms with Crippen molar-refractivity contribution in [2.75, 3.05) is 4.90 Å². The predicted octanol–water partition coefficient (Wildman–Crippen LogP) is 14.6. The summed E-state index contributed by atoms with van der Waals surface area (Å²) in [6, 6.07) is 62.8. The Balaban J connectivity index is 1.18. The summed E-state index contributed by atoms with van der Waals surface area (Å²) in [6.45, 7) is 4.69. The molecule has 0 fully saturated rings. The quantitative estimate of drug-likeness (QED) is 0.180. The van der Waals surface area contributed by atoms with Gasteiger partial charge >= 0.3 is 0 Å². The van der Waals surface area contributed by atoms with Gasteiger partial charge in [-0.3, -0.25) is 0 Å². The highest BCUT2D eigenvalue weighted by Gasteiger charge is 2.36. The Morgan fingerprint density at radius 3 is 1.67 bits per heavy atom. The molecule has 0 radical (unpaired) electrons. The standard InChI is InChI=1S/C51H35NO2/c1-51(2)41-22-11-9-20-37(41)38-28-27-34(29-42(38)51)52(43-23-12-10-19-35(43)32-15-5-3-6-16-32)44-24-14-26-46-50(44)40-31-47-39(30-48(40)54-46)49-36(21-13-25-45(49)53-47)33-17-7-4-8-18-33/h3-31H,1-2H3. The number of hydrogen-bond acceptors (Lipinski definition) is 3. The highest BCUT2D eigenvalue weighted by Crippen LogP contribution is 2.52. The fourth-order valence-electron chi connectivity index (χ4n) is 8.94. The van der Waals surface area contributed by atoms with Crippen LogP contribution in [-0.2, 0) is 5.41 Å². The van der Waals surface area contributed by atoms with E-state index in [9.17, 15) is 0 Å². The van der Waals surface area contributed by atoms with Gasteiger partial charge in [-0.25, -0.2) is 0 Å². The van der Waals surface area contributed by atoms with E-state index in [0.29, 0.717) is 0 Å². The maximum atomic E-state index is 6.78. The Morgan fingerprint density at radius 2 is 0.926 bits per heavy atom. The third-order valence-electron chi connectivity index (χ3n) is 11.5. The second kappa shape index (κ2) is 11.6. The molecule has 10 aromatic rings. The third-order valence-corrected chi connectivity index (χ3v) is 11.5. The number of benzene rings is 8. The normalized spacial score (nSPS) is 13.1. The van der Waals surface area contributed by atoms with Gasteiger partial charge < -0.3 is 13.7 Å². The molecule has 8 aromatic carbocycles. The van der Waals surface area contributed by atoms with Gasteiger partial charge in [-0.2, -0.15) is 0 Å². The summed E-state index contributed by atoms with van der Waals surface area (Å²) in [5.74, 6) is 0. The van der Waals surface area contributed by atoms with Crippen molar-refractivity contribution in [1.82, 2.24) is 0 Å². The van der Waals surface area contributed by atoms with Gasteiger partial charge in [0.25, 0.3) is 0 Å². The average molecular weight is 694 g/mol. The Bertz CT molecular complexity index is 3080. The lowest BCUT2D eigenvalue weighted by molar-refractivity contribution is 0.660. The van der Waals surface area contributed by atoms with E-state index < -0.39 is 0 Å². The van der Waals surface area contributed by atoms with E-state index in [1.165, 1.54) is 22.3 Å². The Morgan fingerprint density at radius 1 is 0.389 bits per heavy atom. The summed E-state index contributed by atoms with van der Waals surface area (Å²) in [7, 11) is 0. The second-order valence-corrected chi connectivity index (χ2v) is 14.9. The molecule has 11 rings (SSSR count). The van der Waals surface area contributed by atoms with Crippen LogP contribution >= 0.6 is 0 Å². The van der Waals surface area contributed by atoms with E-state index in [-0.39, 0.29) is 5.41 Å². The van der Waals surface area contributed by atoms with E-state index in [1.54, 1.807) is 0 Å². The monoisotopic (exact) mass is 693 g/mol. The second-order valence-electron chi connectivity index (χ2n) is 14.9. The molecule has 256 valence electrons. The smallest absolute Gasteiger partial charge is 0.137 e. The molecule has 1 aliphatic carbocycles. The van der Waals surface area contributed by atoms with Gasteiger partial charge in [0.2, 0.25) is 0 Å². The molecule has 3 heteroatoms. The van der Waals surface area contributed by atoms with Crippen molar-refractivity contribution in [1.29, 1.82) is 0 Å². The Kier molecular flexibility index (Phi) is 6.60. The highest BCUT2D eigenvalue weighted by molar-refractivity contribution is 6.21. The first-order valence-electron chi connectivity index (χ1n) is 18.6. The van der Waals surface area contributed by atoms with E-state index in [1.807, 2.05) is 0 Å². The molecule has 2 aromatic heterocycles. The number of rotatable bonds is 5. The van der Waals surface area contributed by atoms with Gasteiger partial charge in [-0.15, -0.1) is 0 Å². The molecule has 0 saturated heterocycles. The lowest BCUT2D eigenvalue weighted by atomic mass is 9.82. The number of furan rings is 2. The number of nitrogens with zero attached hydrogens (tertiary/aromatic N) is 1. The zero-order valence-electron chi connectivity index (χ0n) is 30.0. The van der Waals surface area contributed by atoms with Crippen molar-refractivity contribution >= 4 is 60.9 Å². The van der Waals surface area contributed by atoms with Gasteiger partial charge in [-0.1, -0.05) is 141 Å². The van der Waals surface area contributed by atoms with Crippen LogP contribution < -0.4 is 4.90 Å². The first-order chi connectivity index (χ1) is 26.5. The summed E-state index contributed by atoms with van der Waals surface area (Å²) in [6.07, 6.45) is 0. The van der Waals surface area contributed by atoms with E-state index in [0.717, 1.165) is 83.2 Å². The third kappa shape index (κ3) is 4.48. The molecule has 54 heavy (non-hydrogen) atoms. The van der Waals surface area contributed by atoms with Gasteiger partial charge in [0.1, 0.15) is 22.3 Å². The summed E-state index contributed by atoms with van der Waals surface area (Å²) in [5.41, 5.74) is 16.4. The predicted molar refractivity (Wildman–Crippen MR) is 224 cm³/mol. The first kappa shape index (κ1) is 30.8. The number of para-hydroxylation sites is 1. The summed E-state index contributed by atoms with van der Waals surface area (Å²) in [5, 5.41) is 4.21. The fourth-order valence-corrected chi connectivity index (χ4v) is 8.94. The number of hydrogen-bond donors (Lipinski definition) is 0. The van der Waals surface area contributed by atoms with Crippen LogP contribution in [0.25, 0.3) is 77.3 Å². The lowest BCUT2D eigenvalue weighted by Crippen LogP contribution is -2.17.